The molecule has 1 fully saturated rings. The Labute approximate surface area is 126 Å². The molecular weight excluding hydrogens is 297 g/mol. The third kappa shape index (κ3) is 4.96. The Morgan fingerprint density at radius 2 is 2.27 bits per heavy atom. The molecule has 0 aliphatic carbocycles. The molecule has 1 saturated heterocycles. The van der Waals surface area contributed by atoms with Gasteiger partial charge in [-0.1, -0.05) is 0 Å². The van der Waals surface area contributed by atoms with Gasteiger partial charge in [-0.2, -0.15) is 13.2 Å². The molecule has 0 bridgehead atoms. The van der Waals surface area contributed by atoms with Crippen LogP contribution in [0.25, 0.3) is 0 Å². The van der Waals surface area contributed by atoms with Crippen molar-refractivity contribution in [1.29, 1.82) is 0 Å². The van der Waals surface area contributed by atoms with Crippen molar-refractivity contribution in [2.45, 2.75) is 19.1 Å². The molecule has 2 heterocycles. The van der Waals surface area contributed by atoms with Crippen molar-refractivity contribution in [1.82, 2.24) is 15.2 Å². The van der Waals surface area contributed by atoms with Gasteiger partial charge in [-0.05, 0) is 31.0 Å². The van der Waals surface area contributed by atoms with Crippen LogP contribution in [0.3, 0.4) is 0 Å². The number of alkyl halides is 3. The fourth-order valence-corrected chi connectivity index (χ4v) is 2.55. The molecule has 5 nitrogen and oxygen atoms in total. The number of nitrogens with two attached hydrogens (primary N) is 1. The van der Waals surface area contributed by atoms with Crippen LogP contribution in [0, 0.1) is 5.92 Å². The van der Waals surface area contributed by atoms with E-state index in [-0.39, 0.29) is 18.4 Å². The lowest BCUT2D eigenvalue weighted by Gasteiger charge is -2.18. The summed E-state index contributed by atoms with van der Waals surface area (Å²) in [6, 6.07) is 3.19. The molecule has 1 aliphatic rings. The van der Waals surface area contributed by atoms with E-state index in [9.17, 15) is 18.0 Å². The highest BCUT2D eigenvalue weighted by Crippen LogP contribution is 2.22. The van der Waals surface area contributed by atoms with Crippen molar-refractivity contribution < 1.29 is 18.0 Å². The quantitative estimate of drug-likeness (QED) is 0.855. The van der Waals surface area contributed by atoms with Crippen LogP contribution in [0.5, 0.6) is 0 Å². The number of nitrogens with one attached hydrogen (secondary N) is 1. The minimum Gasteiger partial charge on any atom is -0.352 e. The second kappa shape index (κ2) is 7.06. The van der Waals surface area contributed by atoms with Crippen molar-refractivity contribution in [3.8, 4) is 0 Å². The Morgan fingerprint density at radius 3 is 2.95 bits per heavy atom. The molecule has 1 amide bonds. The fourth-order valence-electron chi connectivity index (χ4n) is 2.55. The van der Waals surface area contributed by atoms with Gasteiger partial charge in [-0.3, -0.25) is 14.7 Å². The third-order valence-corrected chi connectivity index (χ3v) is 3.61. The third-order valence-electron chi connectivity index (χ3n) is 3.61. The van der Waals surface area contributed by atoms with Crippen LogP contribution >= 0.6 is 0 Å². The van der Waals surface area contributed by atoms with E-state index in [1.54, 1.807) is 12.1 Å². The number of nitrogens with zero attached hydrogens (tertiary/aromatic N) is 2. The van der Waals surface area contributed by atoms with E-state index in [1.807, 2.05) is 0 Å². The monoisotopic (exact) mass is 316 g/mol. The summed E-state index contributed by atoms with van der Waals surface area (Å²) in [7, 11) is 0. The fraction of sp³-hybridized carbons (Fsp3) is 0.571. The van der Waals surface area contributed by atoms with Crippen LogP contribution in [0.2, 0.25) is 0 Å². The first-order valence-electron chi connectivity index (χ1n) is 7.09. The van der Waals surface area contributed by atoms with E-state index >= 15 is 0 Å². The number of amides is 1. The Morgan fingerprint density at radius 1 is 1.50 bits per heavy atom. The van der Waals surface area contributed by atoms with Crippen molar-refractivity contribution in [2.24, 2.45) is 11.7 Å². The average Bonchev–Trinajstić information content (AvgIpc) is 2.90. The average molecular weight is 316 g/mol. The lowest BCUT2D eigenvalue weighted by molar-refractivity contribution is -0.143. The highest BCUT2D eigenvalue weighted by Gasteiger charge is 2.34. The smallest absolute Gasteiger partial charge is 0.352 e. The maximum absolute atomic E-state index is 12.3. The van der Waals surface area contributed by atoms with Crippen molar-refractivity contribution in [2.75, 3.05) is 26.2 Å². The van der Waals surface area contributed by atoms with Crippen LogP contribution in [-0.2, 0) is 6.54 Å². The first-order chi connectivity index (χ1) is 10.4. The second-order valence-corrected chi connectivity index (χ2v) is 5.45. The Bertz CT molecular complexity index is 521. The van der Waals surface area contributed by atoms with E-state index in [0.29, 0.717) is 37.3 Å². The lowest BCUT2D eigenvalue weighted by Crippen LogP contribution is -2.34. The van der Waals surface area contributed by atoms with Crippen LogP contribution in [0.15, 0.2) is 18.3 Å². The summed E-state index contributed by atoms with van der Waals surface area (Å²) in [4.78, 5) is 17.4. The molecule has 0 spiro atoms. The minimum absolute atomic E-state index is 0.0436. The van der Waals surface area contributed by atoms with E-state index in [4.69, 9.17) is 5.73 Å². The summed E-state index contributed by atoms with van der Waals surface area (Å²) in [5, 5.41) is 2.76. The number of carbonyl (C=O) groups excluding carboxylic acids is 1. The SMILES string of the molecule is NCc1cc(C(=O)NCC2CCN(CC(F)(F)F)C2)ccn1. The number of hydrogen-bond acceptors (Lipinski definition) is 4. The number of rotatable bonds is 5. The summed E-state index contributed by atoms with van der Waals surface area (Å²) in [6.45, 7) is 0.488. The summed E-state index contributed by atoms with van der Waals surface area (Å²) in [6.07, 6.45) is -2.01. The van der Waals surface area contributed by atoms with Crippen LogP contribution < -0.4 is 11.1 Å². The van der Waals surface area contributed by atoms with Gasteiger partial charge in [0, 0.05) is 31.4 Å². The van der Waals surface area contributed by atoms with Gasteiger partial charge in [0.05, 0.1) is 12.2 Å². The number of halogens is 3. The topological polar surface area (TPSA) is 71.2 Å². The van der Waals surface area contributed by atoms with E-state index in [1.165, 1.54) is 11.1 Å². The lowest BCUT2D eigenvalue weighted by atomic mass is 10.1. The van der Waals surface area contributed by atoms with Gasteiger partial charge < -0.3 is 11.1 Å². The Balaban J connectivity index is 1.80. The molecular formula is C14H19F3N4O. The maximum Gasteiger partial charge on any atom is 0.401 e. The maximum atomic E-state index is 12.3. The highest BCUT2D eigenvalue weighted by molar-refractivity contribution is 5.94. The largest absolute Gasteiger partial charge is 0.401 e. The molecule has 22 heavy (non-hydrogen) atoms. The van der Waals surface area contributed by atoms with Gasteiger partial charge in [0.1, 0.15) is 0 Å². The first-order valence-corrected chi connectivity index (χ1v) is 7.09. The summed E-state index contributed by atoms with van der Waals surface area (Å²) in [5.41, 5.74) is 6.54. The van der Waals surface area contributed by atoms with Gasteiger partial charge in [-0.25, -0.2) is 0 Å². The molecule has 1 aliphatic heterocycles. The molecule has 1 aromatic heterocycles. The highest BCUT2D eigenvalue weighted by atomic mass is 19.4. The molecule has 0 aromatic carbocycles. The Hall–Kier alpha value is -1.67. The molecule has 2 rings (SSSR count). The Kier molecular flexibility index (Phi) is 5.36. The van der Waals surface area contributed by atoms with Gasteiger partial charge >= 0.3 is 6.18 Å². The molecule has 1 aromatic rings. The first kappa shape index (κ1) is 16.7. The van der Waals surface area contributed by atoms with E-state index in [0.717, 1.165) is 0 Å². The molecule has 1 unspecified atom stereocenters. The van der Waals surface area contributed by atoms with Crippen molar-refractivity contribution >= 4 is 5.91 Å². The minimum atomic E-state index is -4.17. The van der Waals surface area contributed by atoms with Crippen molar-refractivity contribution in [3.05, 3.63) is 29.6 Å². The number of likely N-dealkylation sites (tertiary alicyclic amines) is 1. The molecule has 1 atom stereocenters. The standard InChI is InChI=1S/C14H19F3N4O/c15-14(16,17)9-21-4-2-10(8-21)7-20-13(22)11-1-3-19-12(5-11)6-18/h1,3,5,10H,2,4,6-9,18H2,(H,20,22). The van der Waals surface area contributed by atoms with E-state index < -0.39 is 12.7 Å². The zero-order valence-corrected chi connectivity index (χ0v) is 12.1. The van der Waals surface area contributed by atoms with Gasteiger partial charge in [0.25, 0.3) is 5.91 Å². The predicted octanol–water partition coefficient (Wildman–Crippen LogP) is 1.15. The van der Waals surface area contributed by atoms with Gasteiger partial charge in [-0.15, -0.1) is 0 Å². The summed E-state index contributed by atoms with van der Waals surface area (Å²) < 4.78 is 36.9. The molecule has 0 radical (unpaired) electrons. The second-order valence-electron chi connectivity index (χ2n) is 5.45. The van der Waals surface area contributed by atoms with Gasteiger partial charge in [0.2, 0.25) is 0 Å². The number of hydrogen-bond donors (Lipinski definition) is 2. The molecule has 0 saturated carbocycles. The van der Waals surface area contributed by atoms with E-state index in [2.05, 4.69) is 10.3 Å². The van der Waals surface area contributed by atoms with Crippen LogP contribution in [-0.4, -0.2) is 48.1 Å². The molecule has 3 N–H and O–H groups in total. The van der Waals surface area contributed by atoms with Crippen LogP contribution in [0.4, 0.5) is 13.2 Å². The normalized spacial score (nSPS) is 19.4. The predicted molar refractivity (Wildman–Crippen MR) is 75.1 cm³/mol. The van der Waals surface area contributed by atoms with Crippen LogP contribution in [0.1, 0.15) is 22.5 Å². The number of aromatic nitrogens is 1. The number of carbonyl (C=O) groups is 1. The molecule has 122 valence electrons. The van der Waals surface area contributed by atoms with Gasteiger partial charge in [0.15, 0.2) is 0 Å². The summed E-state index contributed by atoms with van der Waals surface area (Å²) >= 11 is 0. The zero-order valence-electron chi connectivity index (χ0n) is 12.1. The zero-order chi connectivity index (χ0) is 16.2. The molecule has 8 heteroatoms. The van der Waals surface area contributed by atoms with Crippen molar-refractivity contribution in [3.63, 3.8) is 0 Å². The summed E-state index contributed by atoms with van der Waals surface area (Å²) in [5.74, 6) is -0.214. The number of pyridine rings is 1.